The minimum atomic E-state index is 0.748. The van der Waals surface area contributed by atoms with E-state index >= 15 is 0 Å². The van der Waals surface area contributed by atoms with Crippen molar-refractivity contribution in [3.8, 4) is 0 Å². The molecule has 2 N–H and O–H groups in total. The molecule has 1 fully saturated rings. The summed E-state index contributed by atoms with van der Waals surface area (Å²) in [6.07, 6.45) is 5.35. The maximum absolute atomic E-state index is 4.71. The Morgan fingerprint density at radius 3 is 2.64 bits per heavy atom. The monoisotopic (exact) mass is 294 g/mol. The smallest absolute Gasteiger partial charge is 0.229 e. The van der Waals surface area contributed by atoms with Crippen molar-refractivity contribution in [3.63, 3.8) is 0 Å². The zero-order chi connectivity index (χ0) is 14.8. The molecule has 22 heavy (non-hydrogen) atoms. The number of nitrogens with zero attached hydrogens (tertiary/aromatic N) is 4. The highest BCUT2D eigenvalue weighted by atomic mass is 15.3. The number of para-hydroxylation sites is 1. The molecule has 3 aromatic rings. The van der Waals surface area contributed by atoms with Crippen LogP contribution in [0, 0.1) is 0 Å². The lowest BCUT2D eigenvalue weighted by molar-refractivity contribution is 0.569. The highest BCUT2D eigenvalue weighted by Crippen LogP contribution is 2.25. The van der Waals surface area contributed by atoms with Crippen LogP contribution < -0.4 is 10.2 Å². The lowest BCUT2D eigenvalue weighted by atomic mass is 10.1. The van der Waals surface area contributed by atoms with Crippen molar-refractivity contribution in [2.75, 3.05) is 23.3 Å². The van der Waals surface area contributed by atoms with Gasteiger partial charge in [-0.15, -0.1) is 0 Å². The van der Waals surface area contributed by atoms with Crippen LogP contribution in [0.25, 0.3) is 11.2 Å². The molecule has 0 aliphatic carbocycles. The van der Waals surface area contributed by atoms with Gasteiger partial charge in [-0.2, -0.15) is 9.97 Å². The normalized spacial score (nSPS) is 15.2. The number of aromatic amines is 1. The molecule has 3 heterocycles. The Balaban J connectivity index is 1.73. The molecule has 1 aromatic carbocycles. The van der Waals surface area contributed by atoms with E-state index < -0.39 is 0 Å². The van der Waals surface area contributed by atoms with E-state index in [0.717, 1.165) is 41.7 Å². The van der Waals surface area contributed by atoms with Crippen LogP contribution in [0.1, 0.15) is 19.3 Å². The number of hydrogen-bond donors (Lipinski definition) is 2. The van der Waals surface area contributed by atoms with Gasteiger partial charge in [-0.05, 0) is 31.4 Å². The van der Waals surface area contributed by atoms with Gasteiger partial charge >= 0.3 is 0 Å². The first-order chi connectivity index (χ1) is 10.9. The van der Waals surface area contributed by atoms with Gasteiger partial charge in [0, 0.05) is 18.8 Å². The summed E-state index contributed by atoms with van der Waals surface area (Å²) in [5.41, 5.74) is 2.54. The number of piperidine rings is 1. The predicted molar refractivity (Wildman–Crippen MR) is 87.5 cm³/mol. The fourth-order valence-corrected chi connectivity index (χ4v) is 2.80. The Morgan fingerprint density at radius 2 is 1.82 bits per heavy atom. The third-order valence-corrected chi connectivity index (χ3v) is 3.94. The molecule has 6 nitrogen and oxygen atoms in total. The molecule has 0 amide bonds. The van der Waals surface area contributed by atoms with Crippen LogP contribution in [0.15, 0.2) is 36.7 Å². The quantitative estimate of drug-likeness (QED) is 0.777. The van der Waals surface area contributed by atoms with Gasteiger partial charge in [0.25, 0.3) is 0 Å². The van der Waals surface area contributed by atoms with Gasteiger partial charge in [0.15, 0.2) is 17.0 Å². The molecule has 1 aliphatic rings. The molecule has 1 aliphatic heterocycles. The SMILES string of the molecule is c1ccc(Nc2nc(N3CCCCC3)nc3[nH]cnc23)cc1. The largest absolute Gasteiger partial charge is 0.341 e. The van der Waals surface area contributed by atoms with Gasteiger partial charge in [-0.3, -0.25) is 0 Å². The van der Waals surface area contributed by atoms with E-state index in [1.807, 2.05) is 30.3 Å². The molecule has 0 saturated carbocycles. The van der Waals surface area contributed by atoms with E-state index in [1.165, 1.54) is 19.3 Å². The van der Waals surface area contributed by atoms with Crippen molar-refractivity contribution in [2.45, 2.75) is 19.3 Å². The Hall–Kier alpha value is -2.63. The molecule has 2 aromatic heterocycles. The molecule has 112 valence electrons. The number of aromatic nitrogens is 4. The van der Waals surface area contributed by atoms with Gasteiger partial charge in [-0.1, -0.05) is 18.2 Å². The number of H-pyrrole nitrogens is 1. The molecule has 0 unspecified atom stereocenters. The molecular weight excluding hydrogens is 276 g/mol. The van der Waals surface area contributed by atoms with Crippen molar-refractivity contribution >= 4 is 28.6 Å². The molecule has 0 bridgehead atoms. The molecule has 0 atom stereocenters. The molecule has 6 heteroatoms. The number of nitrogens with one attached hydrogen (secondary N) is 2. The van der Waals surface area contributed by atoms with Gasteiger partial charge in [0.2, 0.25) is 5.95 Å². The molecule has 0 radical (unpaired) electrons. The second-order valence-electron chi connectivity index (χ2n) is 5.51. The standard InChI is InChI=1S/C16H18N6/c1-3-7-12(8-4-1)19-15-13-14(18-11-17-13)20-16(21-15)22-9-5-2-6-10-22/h1,3-4,7-8,11H,2,5-6,9-10H2,(H2,17,18,19,20,21). The summed E-state index contributed by atoms with van der Waals surface area (Å²) in [5.74, 6) is 1.52. The molecule has 1 saturated heterocycles. The first kappa shape index (κ1) is 13.1. The van der Waals surface area contributed by atoms with Crippen LogP contribution in [-0.4, -0.2) is 33.0 Å². The van der Waals surface area contributed by atoms with Gasteiger partial charge in [0.1, 0.15) is 0 Å². The summed E-state index contributed by atoms with van der Waals surface area (Å²) in [5, 5.41) is 3.35. The number of anilines is 3. The Labute approximate surface area is 128 Å². The number of hydrogen-bond acceptors (Lipinski definition) is 5. The van der Waals surface area contributed by atoms with Crippen molar-refractivity contribution in [3.05, 3.63) is 36.7 Å². The van der Waals surface area contributed by atoms with Gasteiger partial charge in [-0.25, -0.2) is 4.98 Å². The summed E-state index contributed by atoms with van der Waals surface area (Å²) in [6.45, 7) is 2.04. The second kappa shape index (κ2) is 5.63. The number of fused-ring (bicyclic) bond motifs is 1. The fourth-order valence-electron chi connectivity index (χ4n) is 2.80. The third kappa shape index (κ3) is 2.47. The average Bonchev–Trinajstić information content (AvgIpc) is 3.05. The first-order valence-corrected chi connectivity index (χ1v) is 7.68. The summed E-state index contributed by atoms with van der Waals surface area (Å²) >= 11 is 0. The number of imidazole rings is 1. The third-order valence-electron chi connectivity index (χ3n) is 3.94. The van der Waals surface area contributed by atoms with Crippen molar-refractivity contribution in [1.82, 2.24) is 19.9 Å². The lowest BCUT2D eigenvalue weighted by Gasteiger charge is -2.26. The predicted octanol–water partition coefficient (Wildman–Crippen LogP) is 3.09. The van der Waals surface area contributed by atoms with E-state index in [1.54, 1.807) is 6.33 Å². The summed E-state index contributed by atoms with van der Waals surface area (Å²) in [4.78, 5) is 19.0. The number of benzene rings is 1. The minimum absolute atomic E-state index is 0.748. The van der Waals surface area contributed by atoms with Gasteiger partial charge in [0.05, 0.1) is 6.33 Å². The Kier molecular flexibility index (Phi) is 3.34. The number of rotatable bonds is 3. The van der Waals surface area contributed by atoms with E-state index in [4.69, 9.17) is 4.98 Å². The Morgan fingerprint density at radius 1 is 1.00 bits per heavy atom. The Bertz CT molecular complexity index is 761. The molecular formula is C16H18N6. The lowest BCUT2D eigenvalue weighted by Crippen LogP contribution is -2.31. The highest BCUT2D eigenvalue weighted by molar-refractivity contribution is 5.86. The van der Waals surface area contributed by atoms with Crippen molar-refractivity contribution < 1.29 is 0 Å². The topological polar surface area (TPSA) is 69.7 Å². The van der Waals surface area contributed by atoms with Crippen LogP contribution in [0.5, 0.6) is 0 Å². The summed E-state index contributed by atoms with van der Waals surface area (Å²) < 4.78 is 0. The molecule has 4 rings (SSSR count). The molecule has 0 spiro atoms. The van der Waals surface area contributed by atoms with Crippen molar-refractivity contribution in [1.29, 1.82) is 0 Å². The van der Waals surface area contributed by atoms with Crippen molar-refractivity contribution in [2.24, 2.45) is 0 Å². The average molecular weight is 294 g/mol. The van der Waals surface area contributed by atoms with Crippen LogP contribution in [0.3, 0.4) is 0 Å². The zero-order valence-corrected chi connectivity index (χ0v) is 12.3. The maximum Gasteiger partial charge on any atom is 0.229 e. The summed E-state index contributed by atoms with van der Waals surface area (Å²) in [6, 6.07) is 10.0. The summed E-state index contributed by atoms with van der Waals surface area (Å²) in [7, 11) is 0. The van der Waals surface area contributed by atoms with Crippen LogP contribution >= 0.6 is 0 Å². The first-order valence-electron chi connectivity index (χ1n) is 7.68. The maximum atomic E-state index is 4.71. The van der Waals surface area contributed by atoms with Crippen LogP contribution in [-0.2, 0) is 0 Å². The highest BCUT2D eigenvalue weighted by Gasteiger charge is 2.17. The van der Waals surface area contributed by atoms with Crippen LogP contribution in [0.4, 0.5) is 17.5 Å². The van der Waals surface area contributed by atoms with E-state index in [0.29, 0.717) is 0 Å². The minimum Gasteiger partial charge on any atom is -0.341 e. The van der Waals surface area contributed by atoms with E-state index in [-0.39, 0.29) is 0 Å². The van der Waals surface area contributed by atoms with E-state index in [9.17, 15) is 0 Å². The van der Waals surface area contributed by atoms with E-state index in [2.05, 4.69) is 25.2 Å². The van der Waals surface area contributed by atoms with Gasteiger partial charge < -0.3 is 15.2 Å². The zero-order valence-electron chi connectivity index (χ0n) is 12.3. The fraction of sp³-hybridized carbons (Fsp3) is 0.312. The van der Waals surface area contributed by atoms with Crippen LogP contribution in [0.2, 0.25) is 0 Å². The second-order valence-corrected chi connectivity index (χ2v) is 5.51.